The third-order valence-corrected chi connectivity index (χ3v) is 4.05. The lowest BCUT2D eigenvalue weighted by molar-refractivity contribution is -0.156. The molecule has 8 heteroatoms. The monoisotopic (exact) mass is 401 g/mol. The van der Waals surface area contributed by atoms with Crippen LogP contribution in [0.15, 0.2) is 0 Å². The first-order chi connectivity index (χ1) is 13.4. The summed E-state index contributed by atoms with van der Waals surface area (Å²) in [5.74, 6) is -2.45. The van der Waals surface area contributed by atoms with Crippen molar-refractivity contribution in [1.82, 2.24) is 5.32 Å². The average molecular weight is 402 g/mol. The van der Waals surface area contributed by atoms with E-state index < -0.39 is 29.7 Å². The highest BCUT2D eigenvalue weighted by molar-refractivity contribution is 5.89. The van der Waals surface area contributed by atoms with Crippen LogP contribution in [0.1, 0.15) is 71.6 Å². The van der Waals surface area contributed by atoms with Gasteiger partial charge in [0.25, 0.3) is 0 Å². The van der Waals surface area contributed by atoms with Crippen LogP contribution in [0.4, 0.5) is 4.79 Å². The van der Waals surface area contributed by atoms with Gasteiger partial charge in [0.05, 0.1) is 39.2 Å². The normalized spacial score (nSPS) is 11.4. The topological polar surface area (TPSA) is 108 Å². The first kappa shape index (κ1) is 25.9. The molecule has 0 spiro atoms. The van der Waals surface area contributed by atoms with Crippen LogP contribution in [0.25, 0.3) is 0 Å². The van der Waals surface area contributed by atoms with Gasteiger partial charge in [0.15, 0.2) is 5.78 Å². The van der Waals surface area contributed by atoms with Crippen LogP contribution in [0.5, 0.6) is 0 Å². The first-order valence-corrected chi connectivity index (χ1v) is 10.1. The number of esters is 2. The van der Waals surface area contributed by atoms with Gasteiger partial charge in [-0.3, -0.25) is 14.4 Å². The Morgan fingerprint density at radius 3 is 2.14 bits per heavy atom. The molecule has 0 saturated heterocycles. The molecule has 0 aliphatic rings. The number of nitrogens with one attached hydrogen (secondary N) is 1. The Morgan fingerprint density at radius 1 is 0.821 bits per heavy atom. The van der Waals surface area contributed by atoms with Crippen LogP contribution in [-0.2, 0) is 28.6 Å². The summed E-state index contributed by atoms with van der Waals surface area (Å²) in [6.07, 6.45) is 5.92. The third kappa shape index (κ3) is 14.0. The lowest BCUT2D eigenvalue weighted by Gasteiger charge is -2.15. The minimum atomic E-state index is -0.921. The number of rotatable bonds is 16. The van der Waals surface area contributed by atoms with Crippen LogP contribution >= 0.6 is 0 Å². The zero-order chi connectivity index (χ0) is 21.2. The van der Waals surface area contributed by atoms with Gasteiger partial charge in [0, 0.05) is 6.42 Å². The molecule has 8 nitrogen and oxygen atoms in total. The van der Waals surface area contributed by atoms with Gasteiger partial charge in [0.2, 0.25) is 0 Å². The first-order valence-electron chi connectivity index (χ1n) is 10.1. The number of methoxy groups -OCH3 is 1. The van der Waals surface area contributed by atoms with Crippen LogP contribution in [0.3, 0.4) is 0 Å². The molecule has 0 aromatic carbocycles. The Hall–Kier alpha value is -2.12. The number of carbonyl (C=O) groups excluding carboxylic acids is 4. The van der Waals surface area contributed by atoms with Crippen molar-refractivity contribution < 1.29 is 33.4 Å². The molecule has 0 aliphatic heterocycles. The molecule has 0 heterocycles. The molecule has 0 aromatic heterocycles. The molecule has 0 aliphatic carbocycles. The standard InChI is InChI=1S/C20H35NO7/c1-4-6-7-8-9-10-12-27-18(23)14-16(19(24)28-11-5-2)13-17(22)15-21-20(25)26-3/h16H,4-15H2,1-3H3,(H,21,25). The zero-order valence-corrected chi connectivity index (χ0v) is 17.4. The Labute approximate surface area is 167 Å². The second kappa shape index (κ2) is 17.0. The fraction of sp³-hybridized carbons (Fsp3) is 0.800. The molecule has 0 fully saturated rings. The highest BCUT2D eigenvalue weighted by atomic mass is 16.5. The Morgan fingerprint density at radius 2 is 1.50 bits per heavy atom. The van der Waals surface area contributed by atoms with Crippen LogP contribution < -0.4 is 5.32 Å². The fourth-order valence-electron chi connectivity index (χ4n) is 2.48. The van der Waals surface area contributed by atoms with Crippen molar-refractivity contribution in [3.05, 3.63) is 0 Å². The summed E-state index contributed by atoms with van der Waals surface area (Å²) in [6.45, 7) is 4.25. The summed E-state index contributed by atoms with van der Waals surface area (Å²) in [4.78, 5) is 47.2. The van der Waals surface area contributed by atoms with Crippen molar-refractivity contribution >= 4 is 23.8 Å². The third-order valence-electron chi connectivity index (χ3n) is 4.05. The zero-order valence-electron chi connectivity index (χ0n) is 17.4. The molecular formula is C20H35NO7. The van der Waals surface area contributed by atoms with E-state index in [1.54, 1.807) is 0 Å². The highest BCUT2D eigenvalue weighted by Gasteiger charge is 2.27. The number of amides is 1. The van der Waals surface area contributed by atoms with Crippen molar-refractivity contribution in [3.8, 4) is 0 Å². The highest BCUT2D eigenvalue weighted by Crippen LogP contribution is 2.14. The number of Topliss-reactive ketones (excluding diaryl/α,β-unsaturated/α-hetero) is 1. The molecule has 1 atom stereocenters. The average Bonchev–Trinajstić information content (AvgIpc) is 2.68. The molecule has 1 unspecified atom stereocenters. The van der Waals surface area contributed by atoms with E-state index in [0.717, 1.165) is 19.3 Å². The molecule has 162 valence electrons. The van der Waals surface area contributed by atoms with E-state index >= 15 is 0 Å². The smallest absolute Gasteiger partial charge is 0.407 e. The van der Waals surface area contributed by atoms with E-state index in [4.69, 9.17) is 9.47 Å². The molecule has 1 amide bonds. The van der Waals surface area contributed by atoms with Gasteiger partial charge in [-0.15, -0.1) is 0 Å². The molecule has 0 aromatic rings. The Kier molecular flexibility index (Phi) is 15.7. The van der Waals surface area contributed by atoms with Crippen molar-refractivity contribution in [2.75, 3.05) is 26.9 Å². The summed E-state index contributed by atoms with van der Waals surface area (Å²) in [5.41, 5.74) is 0. The summed E-state index contributed by atoms with van der Waals surface area (Å²) in [6, 6.07) is 0. The van der Waals surface area contributed by atoms with Crippen molar-refractivity contribution in [2.24, 2.45) is 5.92 Å². The van der Waals surface area contributed by atoms with E-state index in [0.29, 0.717) is 13.0 Å². The molecular weight excluding hydrogens is 366 g/mol. The number of hydrogen-bond acceptors (Lipinski definition) is 7. The van der Waals surface area contributed by atoms with Gasteiger partial charge in [0.1, 0.15) is 0 Å². The lowest BCUT2D eigenvalue weighted by Crippen LogP contribution is -2.32. The Bertz CT molecular complexity index is 479. The van der Waals surface area contributed by atoms with Gasteiger partial charge < -0.3 is 19.5 Å². The second-order valence-electron chi connectivity index (χ2n) is 6.64. The van der Waals surface area contributed by atoms with Gasteiger partial charge in [-0.05, 0) is 12.8 Å². The van der Waals surface area contributed by atoms with Crippen LogP contribution in [0, 0.1) is 5.92 Å². The van der Waals surface area contributed by atoms with E-state index in [9.17, 15) is 19.2 Å². The predicted molar refractivity (Wildman–Crippen MR) is 104 cm³/mol. The molecule has 0 bridgehead atoms. The predicted octanol–water partition coefficient (Wildman–Crippen LogP) is 3.16. The maximum atomic E-state index is 12.1. The van der Waals surface area contributed by atoms with Gasteiger partial charge in [-0.25, -0.2) is 4.79 Å². The molecule has 0 radical (unpaired) electrons. The molecule has 28 heavy (non-hydrogen) atoms. The lowest BCUT2D eigenvalue weighted by atomic mass is 9.98. The minimum Gasteiger partial charge on any atom is -0.466 e. The van der Waals surface area contributed by atoms with Crippen LogP contribution in [0.2, 0.25) is 0 Å². The van der Waals surface area contributed by atoms with Gasteiger partial charge >= 0.3 is 18.0 Å². The van der Waals surface area contributed by atoms with E-state index in [2.05, 4.69) is 17.0 Å². The number of unbranched alkanes of at least 4 members (excludes halogenated alkanes) is 5. The van der Waals surface area contributed by atoms with E-state index in [1.807, 2.05) is 6.92 Å². The van der Waals surface area contributed by atoms with E-state index in [-0.39, 0.29) is 26.0 Å². The van der Waals surface area contributed by atoms with Crippen molar-refractivity contribution in [2.45, 2.75) is 71.6 Å². The summed E-state index contributed by atoms with van der Waals surface area (Å²) in [5, 5.41) is 2.26. The largest absolute Gasteiger partial charge is 0.466 e. The van der Waals surface area contributed by atoms with Gasteiger partial charge in [-0.2, -0.15) is 0 Å². The number of carbonyl (C=O) groups is 4. The fourth-order valence-corrected chi connectivity index (χ4v) is 2.48. The second-order valence-corrected chi connectivity index (χ2v) is 6.64. The van der Waals surface area contributed by atoms with Crippen molar-refractivity contribution in [3.63, 3.8) is 0 Å². The number of alkyl carbamates (subject to hydrolysis) is 1. The van der Waals surface area contributed by atoms with Gasteiger partial charge in [-0.1, -0.05) is 46.0 Å². The number of ketones is 1. The Balaban J connectivity index is 4.39. The summed E-state index contributed by atoms with van der Waals surface area (Å²) in [7, 11) is 1.19. The SMILES string of the molecule is CCCCCCCCOC(=O)CC(CC(=O)CNC(=O)OC)C(=O)OCCC. The minimum absolute atomic E-state index is 0.210. The molecule has 0 saturated carbocycles. The van der Waals surface area contributed by atoms with E-state index in [1.165, 1.54) is 26.4 Å². The number of hydrogen-bond donors (Lipinski definition) is 1. The summed E-state index contributed by atoms with van der Waals surface area (Å²) >= 11 is 0. The maximum absolute atomic E-state index is 12.1. The molecule has 0 rings (SSSR count). The maximum Gasteiger partial charge on any atom is 0.407 e. The van der Waals surface area contributed by atoms with Crippen LogP contribution in [-0.4, -0.2) is 50.7 Å². The molecule has 1 N–H and O–H groups in total. The summed E-state index contributed by atoms with van der Waals surface area (Å²) < 4.78 is 14.6. The quantitative estimate of drug-likeness (QED) is 0.240. The number of ether oxygens (including phenoxy) is 3. The van der Waals surface area contributed by atoms with Crippen molar-refractivity contribution in [1.29, 1.82) is 0 Å².